The van der Waals surface area contributed by atoms with Crippen molar-refractivity contribution in [1.82, 2.24) is 9.80 Å². The van der Waals surface area contributed by atoms with Gasteiger partial charge in [-0.2, -0.15) is 0 Å². The zero-order valence-corrected chi connectivity index (χ0v) is 25.9. The number of benzene rings is 2. The molecule has 3 fully saturated rings. The molecule has 2 heterocycles. The topological polar surface area (TPSA) is 96.4 Å². The fraction of sp³-hybridized carbons (Fsp3) is 0.583. The number of nitrogens with zero attached hydrogens (tertiary/aromatic N) is 2. The molecule has 44 heavy (non-hydrogen) atoms. The summed E-state index contributed by atoms with van der Waals surface area (Å²) in [5, 5.41) is 10.1. The predicted octanol–water partition coefficient (Wildman–Crippen LogP) is 4.69. The molecule has 0 radical (unpaired) electrons. The monoisotopic (exact) mass is 600 g/mol. The molecule has 7 rings (SSSR count). The number of hydrogen-bond donors (Lipinski definition) is 1. The van der Waals surface area contributed by atoms with Gasteiger partial charge in [-0.25, -0.2) is 0 Å². The van der Waals surface area contributed by atoms with E-state index in [1.807, 2.05) is 48.2 Å². The van der Waals surface area contributed by atoms with Gasteiger partial charge in [0.05, 0.1) is 12.1 Å². The average Bonchev–Trinajstić information content (AvgIpc) is 3.60. The second-order valence-electron chi connectivity index (χ2n) is 13.6. The molecular weight excluding hydrogens is 556 g/mol. The second kappa shape index (κ2) is 11.6. The first-order valence-corrected chi connectivity index (χ1v) is 16.6. The first-order chi connectivity index (χ1) is 21.3. The Morgan fingerprint density at radius 3 is 2.59 bits per heavy atom. The lowest BCUT2D eigenvalue weighted by Gasteiger charge is -2.60. The average molecular weight is 601 g/mol. The van der Waals surface area contributed by atoms with Crippen molar-refractivity contribution in [1.29, 1.82) is 0 Å². The molecule has 2 bridgehead atoms. The lowest BCUT2D eigenvalue weighted by atomic mass is 9.51. The highest BCUT2D eigenvalue weighted by molar-refractivity contribution is 5.96. The Morgan fingerprint density at radius 2 is 1.86 bits per heavy atom. The molecule has 2 unspecified atom stereocenters. The van der Waals surface area contributed by atoms with Gasteiger partial charge in [-0.1, -0.05) is 36.4 Å². The summed E-state index contributed by atoms with van der Waals surface area (Å²) in [6.07, 6.45) is 6.45. The molecule has 234 valence electrons. The highest BCUT2D eigenvalue weighted by atomic mass is 16.6. The van der Waals surface area contributed by atoms with Crippen molar-refractivity contribution >= 4 is 17.7 Å². The summed E-state index contributed by atoms with van der Waals surface area (Å²) in [4.78, 5) is 43.1. The number of ketones is 1. The van der Waals surface area contributed by atoms with Gasteiger partial charge in [0.1, 0.15) is 6.10 Å². The van der Waals surface area contributed by atoms with Crippen molar-refractivity contribution in [3.8, 4) is 11.5 Å². The number of aliphatic hydroxyl groups excluding tert-OH is 1. The second-order valence-corrected chi connectivity index (χ2v) is 13.6. The summed E-state index contributed by atoms with van der Waals surface area (Å²) in [5.74, 6) is 1.81. The molecule has 1 amide bonds. The number of likely N-dealkylation sites (tertiary alicyclic amines) is 1. The van der Waals surface area contributed by atoms with Crippen LogP contribution in [-0.2, 0) is 21.4 Å². The van der Waals surface area contributed by atoms with Gasteiger partial charge >= 0.3 is 5.97 Å². The van der Waals surface area contributed by atoms with Crippen LogP contribution in [-0.4, -0.2) is 76.5 Å². The Hall–Kier alpha value is -3.23. The Morgan fingerprint density at radius 1 is 1.09 bits per heavy atom. The zero-order valence-electron chi connectivity index (χ0n) is 25.9. The minimum Gasteiger partial charge on any atom is -0.483 e. The van der Waals surface area contributed by atoms with E-state index in [1.54, 1.807) is 0 Å². The summed E-state index contributed by atoms with van der Waals surface area (Å²) in [6.45, 7) is 5.94. The molecule has 0 aromatic heterocycles. The highest BCUT2D eigenvalue weighted by Crippen LogP contribution is 2.64. The van der Waals surface area contributed by atoms with Crippen molar-refractivity contribution in [2.75, 3.05) is 19.6 Å². The molecule has 7 atom stereocenters. The number of piperidine rings is 1. The predicted molar refractivity (Wildman–Crippen MR) is 165 cm³/mol. The Kier molecular flexibility index (Phi) is 7.78. The maximum Gasteiger partial charge on any atom is 0.308 e. The van der Waals surface area contributed by atoms with E-state index in [-0.39, 0.29) is 41.3 Å². The molecule has 1 saturated heterocycles. The number of Topliss-reactive ketones (excluding diaryl/α,β-unsaturated/α-hetero) is 1. The van der Waals surface area contributed by atoms with Crippen molar-refractivity contribution in [2.45, 2.75) is 101 Å². The Labute approximate surface area is 259 Å². The number of amides is 1. The standard InChI is InChI=1S/C36H44N2O6/c1-3-38(32(42)12-8-7-11-29(40)23-9-5-4-6-10-23)27-15-14-26-28-19-24-13-16-31(43-22(2)39)34-33(24)36(26,35(27)44-34)17-18-37(28)21-25-20-30(25)41/h4-6,9-10,13,16,25-28,30,35,41H,3,7-8,11-12,14-15,17-21H2,1-2H3/t25?,26-,27+,28+,30?,35-,36-/m0/s1. The first kappa shape index (κ1) is 29.5. The van der Waals surface area contributed by atoms with E-state index in [1.165, 1.54) is 18.1 Å². The van der Waals surface area contributed by atoms with Gasteiger partial charge in [0.15, 0.2) is 17.3 Å². The molecule has 8 heteroatoms. The van der Waals surface area contributed by atoms with Gasteiger partial charge in [-0.05, 0) is 76.0 Å². The van der Waals surface area contributed by atoms with Gasteiger partial charge in [0.25, 0.3) is 0 Å². The number of esters is 1. The highest BCUT2D eigenvalue weighted by Gasteiger charge is 2.67. The van der Waals surface area contributed by atoms with Crippen LogP contribution in [0.4, 0.5) is 0 Å². The van der Waals surface area contributed by atoms with Crippen LogP contribution in [0.3, 0.4) is 0 Å². The molecule has 3 aliphatic carbocycles. The number of hydrogen-bond acceptors (Lipinski definition) is 7. The largest absolute Gasteiger partial charge is 0.483 e. The van der Waals surface area contributed by atoms with Crippen molar-refractivity contribution < 1.29 is 29.0 Å². The normalized spacial score (nSPS) is 31.1. The number of aliphatic hydroxyl groups is 1. The smallest absolute Gasteiger partial charge is 0.308 e. The van der Waals surface area contributed by atoms with Crippen LogP contribution in [0.5, 0.6) is 11.5 Å². The SMILES string of the molecule is CCN(C(=O)CCCCC(=O)c1ccccc1)[C@@H]1CC[C@H]2[C@H]3Cc4ccc(OC(C)=O)c5c4[C@@]2(CCN3CC2CC2O)[C@H]1O5. The van der Waals surface area contributed by atoms with Crippen LogP contribution in [0.25, 0.3) is 0 Å². The molecule has 8 nitrogen and oxygen atoms in total. The van der Waals surface area contributed by atoms with Crippen molar-refractivity contribution in [3.05, 3.63) is 59.2 Å². The molecule has 5 aliphatic rings. The van der Waals surface area contributed by atoms with E-state index in [2.05, 4.69) is 11.0 Å². The molecule has 2 aromatic carbocycles. The van der Waals surface area contributed by atoms with Gasteiger partial charge in [-0.3, -0.25) is 19.3 Å². The van der Waals surface area contributed by atoms with E-state index < -0.39 is 0 Å². The molecule has 2 saturated carbocycles. The minimum absolute atomic E-state index is 0.0734. The van der Waals surface area contributed by atoms with E-state index >= 15 is 0 Å². The number of ether oxygens (including phenoxy) is 2. The van der Waals surface area contributed by atoms with Crippen LogP contribution in [0.2, 0.25) is 0 Å². The third kappa shape index (κ3) is 4.94. The van der Waals surface area contributed by atoms with Gasteiger partial charge in [0, 0.05) is 61.4 Å². The fourth-order valence-corrected chi connectivity index (χ4v) is 9.17. The molecule has 1 spiro atoms. The maximum absolute atomic E-state index is 13.8. The van der Waals surface area contributed by atoms with E-state index in [0.29, 0.717) is 61.6 Å². The first-order valence-electron chi connectivity index (χ1n) is 16.6. The van der Waals surface area contributed by atoms with Crippen LogP contribution < -0.4 is 9.47 Å². The molecule has 2 aromatic rings. The summed E-state index contributed by atoms with van der Waals surface area (Å²) < 4.78 is 12.6. The molecular formula is C36H44N2O6. The number of carbonyl (C=O) groups excluding carboxylic acids is 3. The fourth-order valence-electron chi connectivity index (χ4n) is 9.17. The van der Waals surface area contributed by atoms with Crippen molar-refractivity contribution in [3.63, 3.8) is 0 Å². The maximum atomic E-state index is 13.8. The summed E-state index contributed by atoms with van der Waals surface area (Å²) in [7, 11) is 0. The summed E-state index contributed by atoms with van der Waals surface area (Å²) in [5.41, 5.74) is 2.96. The number of likely N-dealkylation sites (N-methyl/N-ethyl adjacent to an activating group) is 1. The van der Waals surface area contributed by atoms with Crippen molar-refractivity contribution in [2.24, 2.45) is 11.8 Å². The number of unbranched alkanes of at least 4 members (excludes halogenated alkanes) is 1. The number of carbonyl (C=O) groups is 3. The lowest BCUT2D eigenvalue weighted by molar-refractivity contribution is -0.142. The van der Waals surface area contributed by atoms with Gasteiger partial charge in [0.2, 0.25) is 5.91 Å². The van der Waals surface area contributed by atoms with Crippen LogP contribution in [0, 0.1) is 11.8 Å². The number of rotatable bonds is 11. The quantitative estimate of drug-likeness (QED) is 0.173. The van der Waals surface area contributed by atoms with Crippen LogP contribution >= 0.6 is 0 Å². The van der Waals surface area contributed by atoms with Crippen LogP contribution in [0.1, 0.15) is 86.7 Å². The minimum atomic E-state index is -0.368. The van der Waals surface area contributed by atoms with E-state index in [0.717, 1.165) is 50.8 Å². The molecule has 1 N–H and O–H groups in total. The van der Waals surface area contributed by atoms with Gasteiger partial charge < -0.3 is 19.5 Å². The lowest BCUT2D eigenvalue weighted by Crippen LogP contribution is -2.69. The zero-order chi connectivity index (χ0) is 30.6. The third-order valence-electron chi connectivity index (χ3n) is 11.2. The van der Waals surface area contributed by atoms with Gasteiger partial charge in [-0.15, -0.1) is 0 Å². The van der Waals surface area contributed by atoms with Crippen LogP contribution in [0.15, 0.2) is 42.5 Å². The molecule has 2 aliphatic heterocycles. The Bertz CT molecular complexity index is 1440. The summed E-state index contributed by atoms with van der Waals surface area (Å²) >= 11 is 0. The Balaban J connectivity index is 1.12. The van der Waals surface area contributed by atoms with E-state index in [4.69, 9.17) is 9.47 Å². The third-order valence-corrected chi connectivity index (χ3v) is 11.2. The van der Waals surface area contributed by atoms with E-state index in [9.17, 15) is 19.5 Å². The summed E-state index contributed by atoms with van der Waals surface area (Å²) in [6, 6.07) is 13.6.